The maximum Gasteiger partial charge on any atom is 0.270 e. The van der Waals surface area contributed by atoms with Crippen molar-refractivity contribution in [1.29, 1.82) is 0 Å². The van der Waals surface area contributed by atoms with E-state index in [4.69, 9.17) is 0 Å². The van der Waals surface area contributed by atoms with E-state index < -0.39 is 4.92 Å². The summed E-state index contributed by atoms with van der Waals surface area (Å²) in [5.74, 6) is 1.18. The zero-order valence-electron chi connectivity index (χ0n) is 13.6. The fourth-order valence-corrected chi connectivity index (χ4v) is 5.04. The second-order valence-corrected chi connectivity index (χ2v) is 8.50. The Labute approximate surface area is 148 Å². The van der Waals surface area contributed by atoms with Crippen molar-refractivity contribution >= 4 is 44.9 Å². The molecule has 0 aliphatic carbocycles. The summed E-state index contributed by atoms with van der Waals surface area (Å²) in [7, 11) is 0. The molecule has 1 aliphatic heterocycles. The molecule has 1 saturated heterocycles. The predicted octanol–water partition coefficient (Wildman–Crippen LogP) is 3.94. The molecule has 2 heterocycles. The molecule has 1 aromatic heterocycles. The van der Waals surface area contributed by atoms with E-state index in [2.05, 4.69) is 18.8 Å². The number of thioether (sulfide) groups is 1. The van der Waals surface area contributed by atoms with Crippen LogP contribution in [0.1, 0.15) is 26.7 Å². The summed E-state index contributed by atoms with van der Waals surface area (Å²) < 4.78 is 1.55. The van der Waals surface area contributed by atoms with E-state index in [1.807, 2.05) is 4.90 Å². The molecule has 8 heteroatoms. The molecule has 128 valence electrons. The molecule has 0 radical (unpaired) electrons. The van der Waals surface area contributed by atoms with Crippen LogP contribution in [0.5, 0.6) is 0 Å². The van der Waals surface area contributed by atoms with E-state index in [0.29, 0.717) is 17.7 Å². The zero-order chi connectivity index (χ0) is 17.3. The highest BCUT2D eigenvalue weighted by atomic mass is 32.2. The van der Waals surface area contributed by atoms with Crippen LogP contribution in [0.2, 0.25) is 0 Å². The Kier molecular flexibility index (Phi) is 5.05. The number of likely N-dealkylation sites (tertiary alicyclic amines) is 1. The van der Waals surface area contributed by atoms with Gasteiger partial charge in [0.05, 0.1) is 20.9 Å². The lowest BCUT2D eigenvalue weighted by atomic mass is 9.93. The second-order valence-electron chi connectivity index (χ2n) is 6.24. The number of hydrogen-bond acceptors (Lipinski definition) is 6. The van der Waals surface area contributed by atoms with Gasteiger partial charge in [-0.05, 0) is 31.7 Å². The fourth-order valence-electron chi connectivity index (χ4n) is 3.05. The molecule has 0 unspecified atom stereocenters. The lowest BCUT2D eigenvalue weighted by Crippen LogP contribution is -2.44. The van der Waals surface area contributed by atoms with Crippen molar-refractivity contribution in [1.82, 2.24) is 9.88 Å². The molecule has 1 amide bonds. The summed E-state index contributed by atoms with van der Waals surface area (Å²) in [5.41, 5.74) is 0.802. The average molecular weight is 365 g/mol. The van der Waals surface area contributed by atoms with E-state index in [1.165, 1.54) is 35.2 Å². The molecule has 0 spiro atoms. The third kappa shape index (κ3) is 3.70. The third-order valence-electron chi connectivity index (χ3n) is 4.34. The summed E-state index contributed by atoms with van der Waals surface area (Å²) in [5, 5.41) is 10.8. The summed E-state index contributed by atoms with van der Waals surface area (Å²) in [4.78, 5) is 29.3. The Hall–Kier alpha value is -1.67. The van der Waals surface area contributed by atoms with Gasteiger partial charge < -0.3 is 4.90 Å². The molecule has 1 aromatic carbocycles. The number of nitrogens with zero attached hydrogens (tertiary/aromatic N) is 3. The molecule has 0 N–H and O–H groups in total. The number of piperidine rings is 1. The van der Waals surface area contributed by atoms with Crippen molar-refractivity contribution < 1.29 is 9.72 Å². The molecular formula is C16H19N3O3S2. The smallest absolute Gasteiger partial charge is 0.270 e. The van der Waals surface area contributed by atoms with Gasteiger partial charge in [0.15, 0.2) is 4.34 Å². The third-order valence-corrected chi connectivity index (χ3v) is 6.49. The maximum absolute atomic E-state index is 12.4. The zero-order valence-corrected chi connectivity index (χ0v) is 15.2. The van der Waals surface area contributed by atoms with Crippen LogP contribution in [0.25, 0.3) is 10.2 Å². The summed E-state index contributed by atoms with van der Waals surface area (Å²) in [6, 6.07) is 4.94. The lowest BCUT2D eigenvalue weighted by molar-refractivity contribution is -0.384. The molecule has 2 aromatic rings. The minimum atomic E-state index is -0.408. The number of rotatable bonds is 4. The molecule has 3 rings (SSSR count). The molecule has 2 atom stereocenters. The van der Waals surface area contributed by atoms with Crippen molar-refractivity contribution in [2.24, 2.45) is 5.92 Å². The number of fused-ring (bicyclic) bond motifs is 1. The quantitative estimate of drug-likeness (QED) is 0.466. The number of nitro benzene ring substituents is 1. The number of thiazole rings is 1. The number of hydrogen-bond donors (Lipinski definition) is 0. The normalized spacial score (nSPS) is 21.2. The van der Waals surface area contributed by atoms with Crippen LogP contribution >= 0.6 is 23.1 Å². The highest BCUT2D eigenvalue weighted by Gasteiger charge is 2.26. The highest BCUT2D eigenvalue weighted by Crippen LogP contribution is 2.32. The van der Waals surface area contributed by atoms with Gasteiger partial charge in [-0.25, -0.2) is 4.98 Å². The SMILES string of the molecule is C[C@H]1CCN(C(=O)CSc2nc3ccc([N+](=O)[O-])cc3s2)[C@H](C)C1. The van der Waals surface area contributed by atoms with Gasteiger partial charge in [0.2, 0.25) is 5.91 Å². The maximum atomic E-state index is 12.4. The van der Waals surface area contributed by atoms with Crippen molar-refractivity contribution in [2.45, 2.75) is 37.1 Å². The Balaban J connectivity index is 1.65. The van der Waals surface area contributed by atoms with Crippen LogP contribution < -0.4 is 0 Å². The molecule has 0 bridgehead atoms. The second kappa shape index (κ2) is 7.06. The van der Waals surface area contributed by atoms with Gasteiger partial charge in [-0.2, -0.15) is 0 Å². The number of amides is 1. The predicted molar refractivity (Wildman–Crippen MR) is 96.6 cm³/mol. The standard InChI is InChI=1S/C16H19N3O3S2/c1-10-5-6-18(11(2)7-10)15(20)9-23-16-17-13-4-3-12(19(21)22)8-14(13)24-16/h3-4,8,10-11H,5-7,9H2,1-2H3/t10-,11+/m0/s1. The molecule has 24 heavy (non-hydrogen) atoms. The number of benzene rings is 1. The molecular weight excluding hydrogens is 346 g/mol. The van der Waals surface area contributed by atoms with Gasteiger partial charge in [-0.3, -0.25) is 14.9 Å². The van der Waals surface area contributed by atoms with Gasteiger partial charge in [0, 0.05) is 24.7 Å². The number of non-ortho nitro benzene ring substituents is 1. The minimum absolute atomic E-state index is 0.0648. The number of nitro groups is 1. The molecule has 6 nitrogen and oxygen atoms in total. The molecule has 1 fully saturated rings. The van der Waals surface area contributed by atoms with E-state index in [1.54, 1.807) is 6.07 Å². The first-order valence-corrected chi connectivity index (χ1v) is 9.71. The first-order chi connectivity index (χ1) is 11.4. The van der Waals surface area contributed by atoms with Crippen molar-refractivity contribution in [3.8, 4) is 0 Å². The molecule has 0 saturated carbocycles. The number of carbonyl (C=O) groups excluding carboxylic acids is 1. The topological polar surface area (TPSA) is 76.3 Å². The van der Waals surface area contributed by atoms with Crippen molar-refractivity contribution in [2.75, 3.05) is 12.3 Å². The Bertz CT molecular complexity index is 777. The summed E-state index contributed by atoms with van der Waals surface area (Å²) in [6.45, 7) is 5.16. The number of aromatic nitrogens is 1. The summed E-state index contributed by atoms with van der Waals surface area (Å²) in [6.07, 6.45) is 2.12. The first-order valence-electron chi connectivity index (χ1n) is 7.91. The van der Waals surface area contributed by atoms with Crippen molar-refractivity contribution in [3.05, 3.63) is 28.3 Å². The van der Waals surface area contributed by atoms with Gasteiger partial charge in [-0.15, -0.1) is 11.3 Å². The monoisotopic (exact) mass is 365 g/mol. The van der Waals surface area contributed by atoms with Gasteiger partial charge >= 0.3 is 0 Å². The minimum Gasteiger partial charge on any atom is -0.339 e. The Morgan fingerprint density at radius 3 is 3.00 bits per heavy atom. The molecule has 1 aliphatic rings. The van der Waals surface area contributed by atoms with Gasteiger partial charge in [0.25, 0.3) is 5.69 Å². The average Bonchev–Trinajstić information content (AvgIpc) is 2.94. The van der Waals surface area contributed by atoms with Crippen LogP contribution in [0.4, 0.5) is 5.69 Å². The van der Waals surface area contributed by atoms with Gasteiger partial charge in [-0.1, -0.05) is 18.7 Å². The summed E-state index contributed by atoms with van der Waals surface area (Å²) >= 11 is 2.81. The lowest BCUT2D eigenvalue weighted by Gasteiger charge is -2.36. The van der Waals surface area contributed by atoms with Crippen LogP contribution in [0.15, 0.2) is 22.5 Å². The Morgan fingerprint density at radius 2 is 2.29 bits per heavy atom. The van der Waals surface area contributed by atoms with Crippen LogP contribution in [0, 0.1) is 16.0 Å². The first kappa shape index (κ1) is 17.2. The van der Waals surface area contributed by atoms with E-state index in [0.717, 1.165) is 33.9 Å². The van der Waals surface area contributed by atoms with Gasteiger partial charge in [0.1, 0.15) is 0 Å². The van der Waals surface area contributed by atoms with E-state index >= 15 is 0 Å². The van der Waals surface area contributed by atoms with E-state index in [-0.39, 0.29) is 11.6 Å². The fraction of sp³-hybridized carbons (Fsp3) is 0.500. The Morgan fingerprint density at radius 1 is 1.50 bits per heavy atom. The van der Waals surface area contributed by atoms with Crippen LogP contribution in [-0.2, 0) is 4.79 Å². The number of carbonyl (C=O) groups is 1. The van der Waals surface area contributed by atoms with Crippen LogP contribution in [0.3, 0.4) is 0 Å². The van der Waals surface area contributed by atoms with Crippen LogP contribution in [-0.4, -0.2) is 39.1 Å². The highest BCUT2D eigenvalue weighted by molar-refractivity contribution is 8.01. The van der Waals surface area contributed by atoms with E-state index in [9.17, 15) is 14.9 Å². The largest absolute Gasteiger partial charge is 0.339 e. The van der Waals surface area contributed by atoms with Crippen molar-refractivity contribution in [3.63, 3.8) is 0 Å².